The fourth-order valence-corrected chi connectivity index (χ4v) is 1.69. The van der Waals surface area contributed by atoms with Gasteiger partial charge in [-0.15, -0.1) is 0 Å². The highest BCUT2D eigenvalue weighted by molar-refractivity contribution is 5.93. The molecule has 0 unspecified atom stereocenters. The maximum absolute atomic E-state index is 11.5. The highest BCUT2D eigenvalue weighted by atomic mass is 16.3. The lowest BCUT2D eigenvalue weighted by Crippen LogP contribution is -2.24. The molecule has 0 saturated carbocycles. The maximum atomic E-state index is 11.5. The molecule has 13 heavy (non-hydrogen) atoms. The second-order valence-corrected chi connectivity index (χ2v) is 3.40. The van der Waals surface area contributed by atoms with Crippen molar-refractivity contribution in [3.05, 3.63) is 24.2 Å². The third kappa shape index (κ3) is 1.98. The lowest BCUT2D eigenvalue weighted by molar-refractivity contribution is 0.0944. The molecule has 1 aromatic rings. The summed E-state index contributed by atoms with van der Waals surface area (Å²) in [4.78, 5) is 11.5. The van der Waals surface area contributed by atoms with Crippen molar-refractivity contribution in [2.45, 2.75) is 25.3 Å². The number of hydrogen-bond acceptors (Lipinski definition) is 3. The summed E-state index contributed by atoms with van der Waals surface area (Å²) in [6.45, 7) is 1.04. The second kappa shape index (κ2) is 3.75. The Bertz CT molecular complexity index is 273. The first-order valence-corrected chi connectivity index (χ1v) is 4.66. The number of hydrogen-bond donors (Lipinski definition) is 1. The number of carbonyl (C=O) groups excluding carboxylic acids is 1. The van der Waals surface area contributed by atoms with Gasteiger partial charge in [0.25, 0.3) is 0 Å². The molecule has 70 valence electrons. The van der Waals surface area contributed by atoms with Crippen LogP contribution in [0.15, 0.2) is 22.8 Å². The average Bonchev–Trinajstić information content (AvgIpc) is 2.74. The SMILES string of the molecule is O=C(C[C@@H]1CCCN1)c1ccco1. The largest absolute Gasteiger partial charge is 0.461 e. The van der Waals surface area contributed by atoms with Crippen LogP contribution in [0.2, 0.25) is 0 Å². The minimum atomic E-state index is 0.101. The monoisotopic (exact) mass is 179 g/mol. The van der Waals surface area contributed by atoms with E-state index in [-0.39, 0.29) is 5.78 Å². The van der Waals surface area contributed by atoms with Gasteiger partial charge in [0.2, 0.25) is 0 Å². The summed E-state index contributed by atoms with van der Waals surface area (Å²) in [6.07, 6.45) is 4.38. The van der Waals surface area contributed by atoms with Crippen molar-refractivity contribution in [3.8, 4) is 0 Å². The Morgan fingerprint density at radius 1 is 1.69 bits per heavy atom. The van der Waals surface area contributed by atoms with E-state index in [0.29, 0.717) is 18.2 Å². The number of nitrogens with one attached hydrogen (secondary N) is 1. The normalized spacial score (nSPS) is 22.0. The Hall–Kier alpha value is -1.09. The standard InChI is InChI=1S/C10H13NO2/c12-9(10-4-2-6-13-10)7-8-3-1-5-11-8/h2,4,6,8,11H,1,3,5,7H2/t8-/m0/s1. The minimum Gasteiger partial charge on any atom is -0.461 e. The topological polar surface area (TPSA) is 42.2 Å². The zero-order valence-corrected chi connectivity index (χ0v) is 7.45. The molecule has 1 aliphatic rings. The van der Waals surface area contributed by atoms with Crippen LogP contribution in [0.1, 0.15) is 29.8 Å². The first-order chi connectivity index (χ1) is 6.36. The van der Waals surface area contributed by atoms with Crippen molar-refractivity contribution < 1.29 is 9.21 Å². The van der Waals surface area contributed by atoms with Crippen LogP contribution in [-0.2, 0) is 0 Å². The summed E-state index contributed by atoms with van der Waals surface area (Å²) >= 11 is 0. The van der Waals surface area contributed by atoms with E-state index < -0.39 is 0 Å². The quantitative estimate of drug-likeness (QED) is 0.717. The summed E-state index contributed by atoms with van der Waals surface area (Å²) < 4.78 is 5.03. The Morgan fingerprint density at radius 3 is 3.23 bits per heavy atom. The predicted molar refractivity (Wildman–Crippen MR) is 48.7 cm³/mol. The van der Waals surface area contributed by atoms with Gasteiger partial charge in [0.05, 0.1) is 6.26 Å². The molecule has 2 rings (SSSR count). The van der Waals surface area contributed by atoms with Crippen LogP contribution in [0.5, 0.6) is 0 Å². The number of furan rings is 1. The molecule has 0 aromatic carbocycles. The molecule has 0 aliphatic carbocycles. The van der Waals surface area contributed by atoms with E-state index in [1.165, 1.54) is 12.7 Å². The lowest BCUT2D eigenvalue weighted by atomic mass is 10.1. The molecule has 0 radical (unpaired) electrons. The van der Waals surface area contributed by atoms with Crippen molar-refractivity contribution in [2.75, 3.05) is 6.54 Å². The van der Waals surface area contributed by atoms with E-state index >= 15 is 0 Å². The van der Waals surface area contributed by atoms with Gasteiger partial charge in [0, 0.05) is 12.5 Å². The van der Waals surface area contributed by atoms with Crippen LogP contribution in [-0.4, -0.2) is 18.4 Å². The Balaban J connectivity index is 1.91. The first kappa shape index (κ1) is 8.51. The highest BCUT2D eigenvalue weighted by Crippen LogP contribution is 2.12. The van der Waals surface area contributed by atoms with Gasteiger partial charge >= 0.3 is 0 Å². The molecule has 0 bridgehead atoms. The summed E-state index contributed by atoms with van der Waals surface area (Å²) in [6, 6.07) is 3.82. The molecule has 1 saturated heterocycles. The molecule has 3 nitrogen and oxygen atoms in total. The lowest BCUT2D eigenvalue weighted by Gasteiger charge is -2.06. The predicted octanol–water partition coefficient (Wildman–Crippen LogP) is 1.60. The number of rotatable bonds is 3. The zero-order valence-electron chi connectivity index (χ0n) is 7.45. The number of Topliss-reactive ketones (excluding diaryl/α,β-unsaturated/α-hetero) is 1. The Morgan fingerprint density at radius 2 is 2.62 bits per heavy atom. The van der Waals surface area contributed by atoms with Gasteiger partial charge in [0.1, 0.15) is 0 Å². The highest BCUT2D eigenvalue weighted by Gasteiger charge is 2.19. The fourth-order valence-electron chi connectivity index (χ4n) is 1.69. The van der Waals surface area contributed by atoms with Gasteiger partial charge in [-0.1, -0.05) is 0 Å². The van der Waals surface area contributed by atoms with Gasteiger partial charge in [-0.3, -0.25) is 4.79 Å². The van der Waals surface area contributed by atoms with E-state index in [2.05, 4.69) is 5.32 Å². The average molecular weight is 179 g/mol. The van der Waals surface area contributed by atoms with Crippen molar-refractivity contribution >= 4 is 5.78 Å². The molecule has 3 heteroatoms. The Kier molecular flexibility index (Phi) is 2.45. The molecule has 1 fully saturated rings. The first-order valence-electron chi connectivity index (χ1n) is 4.66. The maximum Gasteiger partial charge on any atom is 0.199 e. The molecular formula is C10H13NO2. The molecule has 1 N–H and O–H groups in total. The van der Waals surface area contributed by atoms with Crippen LogP contribution in [0.3, 0.4) is 0 Å². The van der Waals surface area contributed by atoms with Crippen molar-refractivity contribution in [1.29, 1.82) is 0 Å². The molecule has 0 amide bonds. The van der Waals surface area contributed by atoms with E-state index in [1.807, 2.05) is 0 Å². The summed E-state index contributed by atoms with van der Waals surface area (Å²) in [5, 5.41) is 3.29. The van der Waals surface area contributed by atoms with Crippen molar-refractivity contribution in [2.24, 2.45) is 0 Å². The van der Waals surface area contributed by atoms with E-state index in [4.69, 9.17) is 4.42 Å². The van der Waals surface area contributed by atoms with Crippen LogP contribution in [0, 0.1) is 0 Å². The molecular weight excluding hydrogens is 166 g/mol. The van der Waals surface area contributed by atoms with Gasteiger partial charge in [-0.25, -0.2) is 0 Å². The van der Waals surface area contributed by atoms with Crippen molar-refractivity contribution in [1.82, 2.24) is 5.32 Å². The number of carbonyl (C=O) groups is 1. The third-order valence-corrected chi connectivity index (χ3v) is 2.39. The Labute approximate surface area is 77.1 Å². The summed E-state index contributed by atoms with van der Waals surface area (Å²) in [7, 11) is 0. The fraction of sp³-hybridized carbons (Fsp3) is 0.500. The van der Waals surface area contributed by atoms with Gasteiger partial charge in [-0.05, 0) is 31.5 Å². The third-order valence-electron chi connectivity index (χ3n) is 2.39. The van der Waals surface area contributed by atoms with E-state index in [0.717, 1.165) is 13.0 Å². The minimum absolute atomic E-state index is 0.101. The zero-order chi connectivity index (χ0) is 9.10. The van der Waals surface area contributed by atoms with Crippen LogP contribution in [0.4, 0.5) is 0 Å². The van der Waals surface area contributed by atoms with Gasteiger partial charge in [-0.2, -0.15) is 0 Å². The molecule has 1 aliphatic heterocycles. The van der Waals surface area contributed by atoms with Crippen LogP contribution >= 0.6 is 0 Å². The molecule has 1 atom stereocenters. The molecule has 2 heterocycles. The van der Waals surface area contributed by atoms with Gasteiger partial charge in [0.15, 0.2) is 11.5 Å². The van der Waals surface area contributed by atoms with Gasteiger partial charge < -0.3 is 9.73 Å². The summed E-state index contributed by atoms with van der Waals surface area (Å²) in [5.41, 5.74) is 0. The molecule has 1 aromatic heterocycles. The molecule has 0 spiro atoms. The van der Waals surface area contributed by atoms with E-state index in [9.17, 15) is 4.79 Å². The van der Waals surface area contributed by atoms with Crippen LogP contribution < -0.4 is 5.32 Å². The number of ketones is 1. The van der Waals surface area contributed by atoms with E-state index in [1.54, 1.807) is 12.1 Å². The second-order valence-electron chi connectivity index (χ2n) is 3.40. The summed E-state index contributed by atoms with van der Waals surface area (Å²) in [5.74, 6) is 0.582. The smallest absolute Gasteiger partial charge is 0.199 e. The van der Waals surface area contributed by atoms with Crippen LogP contribution in [0.25, 0.3) is 0 Å². The van der Waals surface area contributed by atoms with Crippen molar-refractivity contribution in [3.63, 3.8) is 0 Å².